The molecule has 0 bridgehead atoms. The number of rotatable bonds is 8. The molecule has 1 aromatic heterocycles. The summed E-state index contributed by atoms with van der Waals surface area (Å²) < 4.78 is 9.82. The summed E-state index contributed by atoms with van der Waals surface area (Å²) in [6, 6.07) is 2.36. The van der Waals surface area contributed by atoms with Crippen molar-refractivity contribution in [1.29, 1.82) is 0 Å². The van der Waals surface area contributed by atoms with Gasteiger partial charge in [-0.25, -0.2) is 0 Å². The van der Waals surface area contributed by atoms with E-state index in [4.69, 9.17) is 9.15 Å². The van der Waals surface area contributed by atoms with Crippen molar-refractivity contribution in [1.82, 2.24) is 10.6 Å². The first kappa shape index (κ1) is 17.2. The van der Waals surface area contributed by atoms with Crippen molar-refractivity contribution in [2.75, 3.05) is 20.3 Å². The third-order valence-electron chi connectivity index (χ3n) is 2.97. The minimum absolute atomic E-state index is 0.0795. The van der Waals surface area contributed by atoms with E-state index < -0.39 is 17.6 Å². The van der Waals surface area contributed by atoms with Gasteiger partial charge >= 0.3 is 0 Å². The summed E-state index contributed by atoms with van der Waals surface area (Å²) in [6.07, 6.45) is 1.78. The van der Waals surface area contributed by atoms with Gasteiger partial charge in [-0.15, -0.1) is 0 Å². The molecule has 7 heteroatoms. The molecule has 0 aliphatic heterocycles. The Kier molecular flexibility index (Phi) is 6.39. The van der Waals surface area contributed by atoms with E-state index in [2.05, 4.69) is 10.6 Å². The second kappa shape index (κ2) is 7.80. The number of ether oxygens (including phenoxy) is 1. The fourth-order valence-electron chi connectivity index (χ4n) is 1.58. The Hall–Kier alpha value is -1.86. The lowest BCUT2D eigenvalue weighted by atomic mass is 10.0. The van der Waals surface area contributed by atoms with Crippen molar-refractivity contribution in [3.63, 3.8) is 0 Å². The summed E-state index contributed by atoms with van der Waals surface area (Å²) in [7, 11) is 1.54. The van der Waals surface area contributed by atoms with Crippen LogP contribution in [-0.4, -0.2) is 48.8 Å². The smallest absolute Gasteiger partial charge is 0.287 e. The van der Waals surface area contributed by atoms with E-state index in [1.165, 1.54) is 12.3 Å². The molecule has 21 heavy (non-hydrogen) atoms. The molecule has 3 N–H and O–H groups in total. The van der Waals surface area contributed by atoms with Gasteiger partial charge in [0.2, 0.25) is 5.91 Å². The van der Waals surface area contributed by atoms with E-state index >= 15 is 0 Å². The van der Waals surface area contributed by atoms with Gasteiger partial charge in [0, 0.05) is 26.7 Å². The Morgan fingerprint density at radius 3 is 2.81 bits per heavy atom. The molecule has 0 aromatic carbocycles. The van der Waals surface area contributed by atoms with Gasteiger partial charge < -0.3 is 24.9 Å². The van der Waals surface area contributed by atoms with Crippen molar-refractivity contribution >= 4 is 11.8 Å². The first-order valence-electron chi connectivity index (χ1n) is 6.69. The Morgan fingerprint density at radius 1 is 1.52 bits per heavy atom. The first-order valence-corrected chi connectivity index (χ1v) is 6.69. The second-order valence-corrected chi connectivity index (χ2v) is 5.13. The van der Waals surface area contributed by atoms with E-state index in [0.29, 0.717) is 13.0 Å². The lowest BCUT2D eigenvalue weighted by molar-refractivity contribution is -0.123. The SMILES string of the molecule is COCCC(C)(O)CNC(=O)C(C)NC(=O)c1ccco1. The quantitative estimate of drug-likeness (QED) is 0.641. The third kappa shape index (κ3) is 5.97. The Bertz CT molecular complexity index is 456. The minimum Gasteiger partial charge on any atom is -0.459 e. The average Bonchev–Trinajstić information content (AvgIpc) is 2.96. The van der Waals surface area contributed by atoms with Crippen LogP contribution in [0.3, 0.4) is 0 Å². The van der Waals surface area contributed by atoms with Gasteiger partial charge in [0.1, 0.15) is 6.04 Å². The van der Waals surface area contributed by atoms with Crippen LogP contribution in [0.1, 0.15) is 30.8 Å². The summed E-state index contributed by atoms with van der Waals surface area (Å²) in [5, 5.41) is 15.1. The van der Waals surface area contributed by atoms with Crippen molar-refractivity contribution in [3.8, 4) is 0 Å². The molecule has 0 fully saturated rings. The van der Waals surface area contributed by atoms with E-state index in [1.54, 1.807) is 27.0 Å². The van der Waals surface area contributed by atoms with E-state index in [-0.39, 0.29) is 18.2 Å². The molecule has 7 nitrogen and oxygen atoms in total. The molecule has 0 saturated heterocycles. The highest BCUT2D eigenvalue weighted by molar-refractivity contribution is 5.95. The predicted molar refractivity (Wildman–Crippen MR) is 75.8 cm³/mol. The Morgan fingerprint density at radius 2 is 2.24 bits per heavy atom. The number of aliphatic hydroxyl groups is 1. The summed E-state index contributed by atoms with van der Waals surface area (Å²) in [4.78, 5) is 23.6. The summed E-state index contributed by atoms with van der Waals surface area (Å²) in [6.45, 7) is 3.64. The van der Waals surface area contributed by atoms with Crippen LogP contribution in [-0.2, 0) is 9.53 Å². The van der Waals surface area contributed by atoms with Crippen LogP contribution in [0.15, 0.2) is 22.8 Å². The van der Waals surface area contributed by atoms with E-state index in [0.717, 1.165) is 0 Å². The number of hydrogen-bond acceptors (Lipinski definition) is 5. The van der Waals surface area contributed by atoms with E-state index in [9.17, 15) is 14.7 Å². The van der Waals surface area contributed by atoms with Gasteiger partial charge in [-0.05, 0) is 26.0 Å². The van der Waals surface area contributed by atoms with Gasteiger partial charge in [-0.1, -0.05) is 0 Å². The van der Waals surface area contributed by atoms with Crippen LogP contribution in [0, 0.1) is 0 Å². The maximum Gasteiger partial charge on any atom is 0.287 e. The number of furan rings is 1. The molecule has 0 saturated carbocycles. The molecule has 1 heterocycles. The third-order valence-corrected chi connectivity index (χ3v) is 2.97. The van der Waals surface area contributed by atoms with Crippen LogP contribution < -0.4 is 10.6 Å². The number of hydrogen-bond donors (Lipinski definition) is 3. The monoisotopic (exact) mass is 298 g/mol. The molecular formula is C14H22N2O5. The van der Waals surface area contributed by atoms with Crippen molar-refractivity contribution < 1.29 is 23.8 Å². The van der Waals surface area contributed by atoms with Crippen molar-refractivity contribution in [3.05, 3.63) is 24.2 Å². The standard InChI is InChI=1S/C14H22N2O5/c1-10(16-13(18)11-5-4-7-21-11)12(17)15-9-14(2,19)6-8-20-3/h4-5,7,10,19H,6,8-9H2,1-3H3,(H,15,17)(H,16,18). The molecule has 0 spiro atoms. The highest BCUT2D eigenvalue weighted by atomic mass is 16.5. The molecule has 0 aliphatic rings. The average molecular weight is 298 g/mol. The molecule has 2 amide bonds. The molecule has 2 atom stereocenters. The summed E-state index contributed by atoms with van der Waals surface area (Å²) >= 11 is 0. The second-order valence-electron chi connectivity index (χ2n) is 5.13. The molecular weight excluding hydrogens is 276 g/mol. The molecule has 2 unspecified atom stereocenters. The molecule has 118 valence electrons. The highest BCUT2D eigenvalue weighted by Crippen LogP contribution is 2.07. The lowest BCUT2D eigenvalue weighted by Crippen LogP contribution is -2.49. The van der Waals surface area contributed by atoms with Gasteiger partial charge in [0.15, 0.2) is 5.76 Å². The number of carbonyl (C=O) groups excluding carboxylic acids is 2. The maximum absolute atomic E-state index is 11.9. The van der Waals surface area contributed by atoms with Crippen molar-refractivity contribution in [2.24, 2.45) is 0 Å². The number of amides is 2. The zero-order valence-corrected chi connectivity index (χ0v) is 12.5. The normalized spacial score (nSPS) is 15.0. The first-order chi connectivity index (χ1) is 9.85. The topological polar surface area (TPSA) is 101 Å². The Labute approximate surface area is 123 Å². The van der Waals surface area contributed by atoms with Crippen molar-refractivity contribution in [2.45, 2.75) is 31.9 Å². The zero-order valence-electron chi connectivity index (χ0n) is 12.5. The number of carbonyl (C=O) groups is 2. The number of nitrogens with one attached hydrogen (secondary N) is 2. The molecule has 1 aromatic rings. The van der Waals surface area contributed by atoms with Crippen LogP contribution in [0.4, 0.5) is 0 Å². The van der Waals surface area contributed by atoms with Gasteiger partial charge in [-0.3, -0.25) is 9.59 Å². The van der Waals surface area contributed by atoms with Crippen LogP contribution in [0.5, 0.6) is 0 Å². The van der Waals surface area contributed by atoms with Gasteiger partial charge in [0.05, 0.1) is 11.9 Å². The molecule has 0 aliphatic carbocycles. The van der Waals surface area contributed by atoms with Gasteiger partial charge in [0.25, 0.3) is 5.91 Å². The molecule has 1 rings (SSSR count). The van der Waals surface area contributed by atoms with E-state index in [1.807, 2.05) is 0 Å². The zero-order chi connectivity index (χ0) is 15.9. The van der Waals surface area contributed by atoms with Crippen LogP contribution >= 0.6 is 0 Å². The fraction of sp³-hybridized carbons (Fsp3) is 0.571. The minimum atomic E-state index is -1.06. The predicted octanol–water partition coefficient (Wildman–Crippen LogP) is 0.302. The largest absolute Gasteiger partial charge is 0.459 e. The maximum atomic E-state index is 11.9. The summed E-state index contributed by atoms with van der Waals surface area (Å²) in [5.74, 6) is -0.705. The highest BCUT2D eigenvalue weighted by Gasteiger charge is 2.23. The molecule has 0 radical (unpaired) electrons. The van der Waals surface area contributed by atoms with Crippen LogP contribution in [0.25, 0.3) is 0 Å². The summed E-state index contributed by atoms with van der Waals surface area (Å²) in [5.41, 5.74) is -1.06. The van der Waals surface area contributed by atoms with Crippen LogP contribution in [0.2, 0.25) is 0 Å². The van der Waals surface area contributed by atoms with Gasteiger partial charge in [-0.2, -0.15) is 0 Å². The fourth-order valence-corrected chi connectivity index (χ4v) is 1.58. The number of methoxy groups -OCH3 is 1. The lowest BCUT2D eigenvalue weighted by Gasteiger charge is -2.24. The Balaban J connectivity index is 2.39.